The van der Waals surface area contributed by atoms with Gasteiger partial charge in [0.05, 0.1) is 18.9 Å². The van der Waals surface area contributed by atoms with E-state index in [9.17, 15) is 9.59 Å². The van der Waals surface area contributed by atoms with E-state index in [1.54, 1.807) is 0 Å². The van der Waals surface area contributed by atoms with E-state index in [-0.39, 0.29) is 12.4 Å². The third-order valence-electron chi connectivity index (χ3n) is 6.52. The van der Waals surface area contributed by atoms with E-state index < -0.39 is 11.9 Å². The topological polar surface area (TPSA) is 63.6 Å². The van der Waals surface area contributed by atoms with Gasteiger partial charge in [-0.15, -0.1) is 0 Å². The molecule has 34 heavy (non-hydrogen) atoms. The first-order valence-electron chi connectivity index (χ1n) is 14.6. The van der Waals surface area contributed by atoms with E-state index >= 15 is 0 Å². The summed E-state index contributed by atoms with van der Waals surface area (Å²) in [5.74, 6) is -1.75. The van der Waals surface area contributed by atoms with Gasteiger partial charge in [-0.1, -0.05) is 122 Å². The summed E-state index contributed by atoms with van der Waals surface area (Å²) in [6.07, 6.45) is 30.7. The molecule has 1 unspecified atom stereocenters. The summed E-state index contributed by atoms with van der Waals surface area (Å²) >= 11 is 0. The van der Waals surface area contributed by atoms with Crippen molar-refractivity contribution < 1.29 is 19.4 Å². The van der Waals surface area contributed by atoms with Gasteiger partial charge in [-0.2, -0.15) is 0 Å². The Balaban J connectivity index is 3.44. The summed E-state index contributed by atoms with van der Waals surface area (Å²) < 4.78 is 5.14. The molecule has 4 heteroatoms. The van der Waals surface area contributed by atoms with Gasteiger partial charge < -0.3 is 9.84 Å². The maximum atomic E-state index is 12.0. The summed E-state index contributed by atoms with van der Waals surface area (Å²) in [7, 11) is 0. The Morgan fingerprint density at radius 2 is 1.09 bits per heavy atom. The molecule has 0 saturated heterocycles. The first-order chi connectivity index (χ1) is 16.6. The Morgan fingerprint density at radius 3 is 1.53 bits per heavy atom. The molecule has 0 fully saturated rings. The van der Waals surface area contributed by atoms with Gasteiger partial charge in [-0.25, -0.2) is 0 Å². The molecule has 1 N–H and O–H groups in total. The minimum absolute atomic E-state index is 0.115. The van der Waals surface area contributed by atoms with Crippen LogP contribution in [0.15, 0.2) is 12.2 Å². The molecule has 0 aliphatic carbocycles. The van der Waals surface area contributed by atoms with Crippen LogP contribution in [0, 0.1) is 5.92 Å². The number of hydrogen-bond donors (Lipinski definition) is 1. The molecule has 0 aromatic carbocycles. The van der Waals surface area contributed by atoms with E-state index in [1.165, 1.54) is 109 Å². The molecule has 0 aromatic heterocycles. The highest BCUT2D eigenvalue weighted by Crippen LogP contribution is 2.18. The molecule has 0 amide bonds. The van der Waals surface area contributed by atoms with Gasteiger partial charge in [-0.3, -0.25) is 9.59 Å². The molecular weight excluding hydrogens is 424 g/mol. The van der Waals surface area contributed by atoms with E-state index in [4.69, 9.17) is 9.84 Å². The number of allylic oxidation sites excluding steroid dienone is 2. The van der Waals surface area contributed by atoms with E-state index in [1.807, 2.05) is 6.92 Å². The van der Waals surface area contributed by atoms with Crippen molar-refractivity contribution in [3.8, 4) is 0 Å². The van der Waals surface area contributed by atoms with Crippen molar-refractivity contribution >= 4 is 11.9 Å². The van der Waals surface area contributed by atoms with Crippen molar-refractivity contribution in [2.45, 2.75) is 155 Å². The highest BCUT2D eigenvalue weighted by atomic mass is 16.5. The van der Waals surface area contributed by atoms with E-state index in [0.29, 0.717) is 13.0 Å². The molecule has 0 bridgehead atoms. The highest BCUT2D eigenvalue weighted by Gasteiger charge is 2.22. The lowest BCUT2D eigenvalue weighted by molar-refractivity contribution is -0.153. The Bertz CT molecular complexity index is 486. The van der Waals surface area contributed by atoms with Crippen LogP contribution in [0.5, 0.6) is 0 Å². The zero-order chi connectivity index (χ0) is 25.1. The molecule has 0 aliphatic rings. The normalized spacial score (nSPS) is 12.3. The zero-order valence-electron chi connectivity index (χ0n) is 22.7. The summed E-state index contributed by atoms with van der Waals surface area (Å²) in [5.41, 5.74) is 0. The minimum atomic E-state index is -0.920. The average Bonchev–Trinajstić information content (AvgIpc) is 2.82. The average molecular weight is 481 g/mol. The Morgan fingerprint density at radius 1 is 0.647 bits per heavy atom. The number of carbonyl (C=O) groups is 2. The highest BCUT2D eigenvalue weighted by molar-refractivity contribution is 5.79. The summed E-state index contributed by atoms with van der Waals surface area (Å²) in [4.78, 5) is 23.0. The van der Waals surface area contributed by atoms with Gasteiger partial charge in [-0.05, 0) is 38.5 Å². The first kappa shape index (κ1) is 32.7. The molecule has 4 nitrogen and oxygen atoms in total. The molecule has 0 aromatic rings. The lowest BCUT2D eigenvalue weighted by Crippen LogP contribution is -2.21. The molecule has 0 heterocycles. The van der Waals surface area contributed by atoms with Crippen molar-refractivity contribution in [1.29, 1.82) is 0 Å². The fraction of sp³-hybridized carbons (Fsp3) is 0.867. The Hall–Kier alpha value is -1.32. The molecule has 0 saturated carbocycles. The second-order valence-corrected chi connectivity index (χ2v) is 9.96. The van der Waals surface area contributed by atoms with Crippen molar-refractivity contribution in [2.24, 2.45) is 5.92 Å². The first-order valence-corrected chi connectivity index (χ1v) is 14.6. The lowest BCUT2D eigenvalue weighted by atomic mass is 9.97. The standard InChI is InChI=1S/C30H56O4/c1-3-5-6-7-8-9-10-11-12-13-14-15-16-17-18-19-20-21-22-23-24-25-28(27-29(31)32)30(33)34-26-4-2/h14-15,28H,3-13,16-27H2,1-2H3,(H,31,32)/b15-14+. The predicted molar refractivity (Wildman–Crippen MR) is 144 cm³/mol. The third-order valence-corrected chi connectivity index (χ3v) is 6.52. The van der Waals surface area contributed by atoms with Gasteiger partial charge in [0.1, 0.15) is 0 Å². The number of carbonyl (C=O) groups excluding carboxylic acids is 1. The molecular formula is C30H56O4. The second-order valence-electron chi connectivity index (χ2n) is 9.96. The van der Waals surface area contributed by atoms with E-state index in [2.05, 4.69) is 19.1 Å². The quantitative estimate of drug-likeness (QED) is 0.0760. The summed E-state index contributed by atoms with van der Waals surface area (Å²) in [6, 6.07) is 0. The molecule has 200 valence electrons. The maximum absolute atomic E-state index is 12.0. The van der Waals surface area contributed by atoms with Gasteiger partial charge in [0.2, 0.25) is 0 Å². The van der Waals surface area contributed by atoms with Crippen LogP contribution in [-0.4, -0.2) is 23.7 Å². The van der Waals surface area contributed by atoms with Crippen molar-refractivity contribution in [3.63, 3.8) is 0 Å². The zero-order valence-corrected chi connectivity index (χ0v) is 22.7. The molecule has 0 rings (SSSR count). The van der Waals surface area contributed by atoms with Crippen LogP contribution in [0.2, 0.25) is 0 Å². The number of ether oxygens (including phenoxy) is 1. The van der Waals surface area contributed by atoms with Crippen LogP contribution < -0.4 is 0 Å². The van der Waals surface area contributed by atoms with Crippen molar-refractivity contribution in [2.75, 3.05) is 6.61 Å². The second kappa shape index (κ2) is 26.3. The van der Waals surface area contributed by atoms with Gasteiger partial charge >= 0.3 is 11.9 Å². The van der Waals surface area contributed by atoms with Gasteiger partial charge in [0.15, 0.2) is 0 Å². The Labute approximate surface area is 211 Å². The van der Waals surface area contributed by atoms with Crippen LogP contribution in [0.25, 0.3) is 0 Å². The molecule has 0 spiro atoms. The summed E-state index contributed by atoms with van der Waals surface area (Å²) in [5, 5.41) is 9.02. The van der Waals surface area contributed by atoms with Gasteiger partial charge in [0.25, 0.3) is 0 Å². The number of unbranched alkanes of at least 4 members (excludes halogenated alkanes) is 17. The SMILES string of the molecule is CCCCCCCCCCC/C=C/CCCCCCCCCCC(CC(=O)O)C(=O)OCCC. The van der Waals surface area contributed by atoms with E-state index in [0.717, 1.165) is 19.3 Å². The molecule has 0 aliphatic heterocycles. The smallest absolute Gasteiger partial charge is 0.309 e. The predicted octanol–water partition coefficient (Wildman–Crippen LogP) is 9.41. The molecule has 0 radical (unpaired) electrons. The van der Waals surface area contributed by atoms with Crippen LogP contribution in [0.4, 0.5) is 0 Å². The fourth-order valence-corrected chi connectivity index (χ4v) is 4.36. The maximum Gasteiger partial charge on any atom is 0.309 e. The van der Waals surface area contributed by atoms with Crippen LogP contribution in [-0.2, 0) is 14.3 Å². The monoisotopic (exact) mass is 480 g/mol. The number of aliphatic carboxylic acids is 1. The van der Waals surface area contributed by atoms with Crippen molar-refractivity contribution in [1.82, 2.24) is 0 Å². The summed E-state index contributed by atoms with van der Waals surface area (Å²) in [6.45, 7) is 4.60. The number of esters is 1. The lowest BCUT2D eigenvalue weighted by Gasteiger charge is -2.13. The number of hydrogen-bond acceptors (Lipinski definition) is 3. The van der Waals surface area contributed by atoms with Crippen LogP contribution >= 0.6 is 0 Å². The fourth-order valence-electron chi connectivity index (χ4n) is 4.36. The number of rotatable bonds is 26. The number of carboxylic acid groups (broad SMARTS) is 1. The number of carboxylic acids is 1. The van der Waals surface area contributed by atoms with Crippen LogP contribution in [0.3, 0.4) is 0 Å². The Kier molecular flexibility index (Phi) is 25.3. The van der Waals surface area contributed by atoms with Crippen LogP contribution in [0.1, 0.15) is 155 Å². The van der Waals surface area contributed by atoms with Crippen molar-refractivity contribution in [3.05, 3.63) is 12.2 Å². The molecule has 1 atom stereocenters. The minimum Gasteiger partial charge on any atom is -0.481 e. The third kappa shape index (κ3) is 23.8. The van der Waals surface area contributed by atoms with Gasteiger partial charge in [0, 0.05) is 0 Å². The largest absolute Gasteiger partial charge is 0.481 e.